The third-order valence-corrected chi connectivity index (χ3v) is 9.32. The first-order chi connectivity index (χ1) is 15.8. The Bertz CT molecular complexity index is 1180. The minimum atomic E-state index is -3.31. The predicted molar refractivity (Wildman–Crippen MR) is 124 cm³/mol. The number of sulfone groups is 1. The highest BCUT2D eigenvalue weighted by molar-refractivity contribution is 7.92. The number of nitrogens with one attached hydrogen (secondary N) is 1. The number of aromatic nitrogens is 2. The summed E-state index contributed by atoms with van der Waals surface area (Å²) < 4.78 is 26.0. The smallest absolute Gasteiger partial charge is 0.233 e. The zero-order chi connectivity index (χ0) is 23.2. The maximum atomic E-state index is 13.4. The number of carbonyl (C=O) groups is 2. The van der Waals surface area contributed by atoms with Crippen LogP contribution in [0.4, 0.5) is 5.82 Å². The van der Waals surface area contributed by atoms with Gasteiger partial charge in [-0.15, -0.1) is 0 Å². The molecule has 0 saturated heterocycles. The van der Waals surface area contributed by atoms with E-state index in [0.717, 1.165) is 48.9 Å². The van der Waals surface area contributed by atoms with Crippen LogP contribution in [0.1, 0.15) is 80.0 Å². The van der Waals surface area contributed by atoms with Crippen molar-refractivity contribution in [1.29, 1.82) is 0 Å². The lowest BCUT2D eigenvalue weighted by Crippen LogP contribution is -2.24. The Hall–Kier alpha value is -2.61. The quantitative estimate of drug-likeness (QED) is 0.627. The van der Waals surface area contributed by atoms with Gasteiger partial charge in [0.15, 0.2) is 15.7 Å². The van der Waals surface area contributed by atoms with Crippen LogP contribution in [0.3, 0.4) is 0 Å². The van der Waals surface area contributed by atoms with Crippen molar-refractivity contribution < 1.29 is 18.0 Å². The number of amides is 1. The first kappa shape index (κ1) is 22.2. The van der Waals surface area contributed by atoms with E-state index in [4.69, 9.17) is 0 Å². The van der Waals surface area contributed by atoms with E-state index in [2.05, 4.69) is 15.3 Å². The van der Waals surface area contributed by atoms with Crippen LogP contribution in [-0.4, -0.2) is 35.3 Å². The van der Waals surface area contributed by atoms with Gasteiger partial charge in [0.2, 0.25) is 5.91 Å². The molecule has 0 unspecified atom stereocenters. The van der Waals surface area contributed by atoms with Crippen molar-refractivity contribution in [1.82, 2.24) is 9.97 Å². The van der Waals surface area contributed by atoms with Crippen molar-refractivity contribution in [3.63, 3.8) is 0 Å². The fraction of sp³-hybridized carbons (Fsp3) is 0.520. The third-order valence-electron chi connectivity index (χ3n) is 6.99. The molecule has 33 heavy (non-hydrogen) atoms. The molecule has 1 heterocycles. The first-order valence-corrected chi connectivity index (χ1v) is 13.3. The second kappa shape index (κ2) is 8.63. The van der Waals surface area contributed by atoms with Gasteiger partial charge in [0, 0.05) is 12.8 Å². The predicted octanol–water partition coefficient (Wildman–Crippen LogP) is 4.08. The monoisotopic (exact) mass is 467 g/mol. The molecule has 8 heteroatoms. The zero-order valence-corrected chi connectivity index (χ0v) is 19.6. The molecule has 3 aliphatic carbocycles. The average molecular weight is 468 g/mol. The molecular formula is C25H29N3O4S. The van der Waals surface area contributed by atoms with E-state index < -0.39 is 15.8 Å². The van der Waals surface area contributed by atoms with Crippen LogP contribution in [-0.2, 0) is 19.4 Å². The number of Topliss-reactive ketones (excluding diaryl/α,β-unsaturated/α-hetero) is 1. The van der Waals surface area contributed by atoms with Gasteiger partial charge in [0.05, 0.1) is 34.2 Å². The molecule has 1 aromatic carbocycles. The molecule has 1 amide bonds. The van der Waals surface area contributed by atoms with Crippen LogP contribution in [0.25, 0.3) is 0 Å². The average Bonchev–Trinajstić information content (AvgIpc) is 3.70. The minimum absolute atomic E-state index is 0.150. The lowest BCUT2D eigenvalue weighted by Gasteiger charge is -2.22. The number of rotatable bonds is 8. The Morgan fingerprint density at radius 3 is 2.52 bits per heavy atom. The summed E-state index contributed by atoms with van der Waals surface area (Å²) in [7, 11) is -3.31. The molecule has 3 saturated carbocycles. The van der Waals surface area contributed by atoms with Crippen LogP contribution in [0.5, 0.6) is 0 Å². The molecule has 7 nitrogen and oxygen atoms in total. The lowest BCUT2D eigenvalue weighted by atomic mass is 9.86. The van der Waals surface area contributed by atoms with E-state index in [1.165, 1.54) is 6.20 Å². The van der Waals surface area contributed by atoms with Crippen LogP contribution in [0, 0.1) is 12.8 Å². The van der Waals surface area contributed by atoms with Gasteiger partial charge in [-0.2, -0.15) is 0 Å². The molecule has 2 aromatic rings. The third kappa shape index (κ3) is 4.86. The van der Waals surface area contributed by atoms with Gasteiger partial charge in [-0.25, -0.2) is 13.4 Å². The molecule has 1 aromatic heterocycles. The lowest BCUT2D eigenvalue weighted by molar-refractivity contribution is -0.119. The fourth-order valence-electron chi connectivity index (χ4n) is 4.80. The minimum Gasteiger partial charge on any atom is -0.309 e. The van der Waals surface area contributed by atoms with E-state index in [-0.39, 0.29) is 28.8 Å². The maximum absolute atomic E-state index is 13.4. The summed E-state index contributed by atoms with van der Waals surface area (Å²) in [6.07, 6.45) is 8.94. The van der Waals surface area contributed by atoms with E-state index in [0.29, 0.717) is 30.0 Å². The normalized spacial score (nSPS) is 21.7. The van der Waals surface area contributed by atoms with Gasteiger partial charge < -0.3 is 5.32 Å². The van der Waals surface area contributed by atoms with Crippen molar-refractivity contribution in [3.8, 4) is 0 Å². The van der Waals surface area contributed by atoms with Crippen molar-refractivity contribution >= 4 is 27.3 Å². The Morgan fingerprint density at radius 1 is 1.12 bits per heavy atom. The van der Waals surface area contributed by atoms with Crippen LogP contribution >= 0.6 is 0 Å². The molecule has 0 radical (unpaired) electrons. The van der Waals surface area contributed by atoms with Crippen molar-refractivity contribution in [2.45, 2.75) is 80.3 Å². The van der Waals surface area contributed by atoms with E-state index >= 15 is 0 Å². The van der Waals surface area contributed by atoms with Crippen LogP contribution < -0.4 is 5.32 Å². The fourth-order valence-corrected chi connectivity index (χ4v) is 6.73. The van der Waals surface area contributed by atoms with Gasteiger partial charge in [-0.3, -0.25) is 14.6 Å². The Morgan fingerprint density at radius 2 is 1.91 bits per heavy atom. The number of anilines is 1. The highest BCUT2D eigenvalue weighted by Crippen LogP contribution is 2.47. The SMILES string of the molecule is Cc1cnc(NC(=O)[C@H](C[C@H]2CCC(=O)C2)c2ccc(S(=O)(=O)C3CC3)c(C3CC3)c2)cn1. The van der Waals surface area contributed by atoms with Gasteiger partial charge in [0.1, 0.15) is 5.78 Å². The summed E-state index contributed by atoms with van der Waals surface area (Å²) in [5.74, 6) is 0.331. The summed E-state index contributed by atoms with van der Waals surface area (Å²) in [5, 5.41) is 2.61. The van der Waals surface area contributed by atoms with Crippen molar-refractivity contribution in [2.75, 3.05) is 5.32 Å². The molecule has 5 rings (SSSR count). The summed E-state index contributed by atoms with van der Waals surface area (Å²) in [6, 6.07) is 5.44. The summed E-state index contributed by atoms with van der Waals surface area (Å²) in [4.78, 5) is 34.1. The zero-order valence-electron chi connectivity index (χ0n) is 18.8. The summed E-state index contributed by atoms with van der Waals surface area (Å²) in [5.41, 5.74) is 2.42. The van der Waals surface area contributed by atoms with Crippen molar-refractivity contribution in [3.05, 3.63) is 47.4 Å². The summed E-state index contributed by atoms with van der Waals surface area (Å²) >= 11 is 0. The van der Waals surface area contributed by atoms with Gasteiger partial charge >= 0.3 is 0 Å². The first-order valence-electron chi connectivity index (χ1n) is 11.8. The number of ketones is 1. The van der Waals surface area contributed by atoms with Crippen LogP contribution in [0.15, 0.2) is 35.5 Å². The summed E-state index contributed by atoms with van der Waals surface area (Å²) in [6.45, 7) is 1.83. The molecule has 0 spiro atoms. The second-order valence-electron chi connectivity index (χ2n) is 9.78. The maximum Gasteiger partial charge on any atom is 0.233 e. The molecular weight excluding hydrogens is 438 g/mol. The highest BCUT2D eigenvalue weighted by atomic mass is 32.2. The molecule has 2 atom stereocenters. The molecule has 0 bridgehead atoms. The standard InChI is InChI=1S/C25H29N3O4S/c1-15-13-27-24(14-26-15)28-25(30)22(11-16-2-6-19(29)10-16)18-5-9-23(21(12-18)17-3-4-17)33(31,32)20-7-8-20/h5,9,12-14,16-17,20,22H,2-4,6-8,10-11H2,1H3,(H,27,28,30)/t16-,22+/m0/s1. The molecule has 3 aliphatic rings. The number of benzene rings is 1. The Kier molecular flexibility index (Phi) is 5.80. The van der Waals surface area contributed by atoms with E-state index in [1.54, 1.807) is 18.3 Å². The second-order valence-corrected chi connectivity index (χ2v) is 12.0. The van der Waals surface area contributed by atoms with Gasteiger partial charge in [0.25, 0.3) is 0 Å². The molecule has 0 aliphatic heterocycles. The number of hydrogen-bond acceptors (Lipinski definition) is 6. The number of aryl methyl sites for hydroxylation is 1. The van der Waals surface area contributed by atoms with E-state index in [9.17, 15) is 18.0 Å². The largest absolute Gasteiger partial charge is 0.309 e. The van der Waals surface area contributed by atoms with Gasteiger partial charge in [-0.05, 0) is 74.5 Å². The molecule has 3 fully saturated rings. The molecule has 1 N–H and O–H groups in total. The van der Waals surface area contributed by atoms with Crippen LogP contribution in [0.2, 0.25) is 0 Å². The molecule has 174 valence electrons. The topological polar surface area (TPSA) is 106 Å². The van der Waals surface area contributed by atoms with Gasteiger partial charge in [-0.1, -0.05) is 12.1 Å². The van der Waals surface area contributed by atoms with E-state index in [1.807, 2.05) is 13.0 Å². The number of carbonyl (C=O) groups excluding carboxylic acids is 2. The number of hydrogen-bond donors (Lipinski definition) is 1. The Labute approximate surface area is 194 Å². The Balaban J connectivity index is 1.47. The van der Waals surface area contributed by atoms with Crippen molar-refractivity contribution in [2.24, 2.45) is 5.92 Å². The number of nitrogens with zero attached hydrogens (tertiary/aromatic N) is 2. The highest BCUT2D eigenvalue weighted by Gasteiger charge is 2.41.